The molecule has 0 saturated carbocycles. The van der Waals surface area contributed by atoms with Crippen LogP contribution in [-0.4, -0.2) is 23.9 Å². The predicted octanol–water partition coefficient (Wildman–Crippen LogP) is 3.97. The molecule has 0 atom stereocenters. The number of nitrogens with zero attached hydrogens (tertiary/aromatic N) is 2. The predicted molar refractivity (Wildman–Crippen MR) is 94.3 cm³/mol. The topological polar surface area (TPSA) is 44.1 Å². The number of rotatable bonds is 4. The highest BCUT2D eigenvalue weighted by Gasteiger charge is 2.25. The fraction of sp³-hybridized carbons (Fsp3) is 0.333. The maximum Gasteiger partial charge on any atom is 0.223 e. The standard InChI is InChI=1S/C21H22N2O/c22-16-17-11-13-23(14-12-17)21(24)15-20(18-7-3-1-4-8-18)19-9-5-2-6-10-19/h1-10,17,20H,11-15H2. The van der Waals surface area contributed by atoms with Crippen LogP contribution in [0.25, 0.3) is 0 Å². The average Bonchev–Trinajstić information content (AvgIpc) is 2.67. The quantitative estimate of drug-likeness (QED) is 0.856. The molecule has 3 heteroatoms. The zero-order valence-electron chi connectivity index (χ0n) is 13.8. The average molecular weight is 318 g/mol. The second kappa shape index (κ2) is 7.79. The number of hydrogen-bond acceptors (Lipinski definition) is 2. The molecule has 1 fully saturated rings. The summed E-state index contributed by atoms with van der Waals surface area (Å²) in [5.41, 5.74) is 2.34. The van der Waals surface area contributed by atoms with Gasteiger partial charge in [0.15, 0.2) is 0 Å². The van der Waals surface area contributed by atoms with Crippen molar-refractivity contribution in [3.05, 3.63) is 71.8 Å². The molecule has 122 valence electrons. The molecule has 1 saturated heterocycles. The van der Waals surface area contributed by atoms with Crippen LogP contribution in [0.3, 0.4) is 0 Å². The smallest absolute Gasteiger partial charge is 0.223 e. The van der Waals surface area contributed by atoms with E-state index in [2.05, 4.69) is 30.3 Å². The number of piperidine rings is 1. The third kappa shape index (κ3) is 3.83. The molecule has 1 amide bonds. The van der Waals surface area contributed by atoms with Crippen LogP contribution in [0.4, 0.5) is 0 Å². The van der Waals surface area contributed by atoms with Crippen molar-refractivity contribution in [1.82, 2.24) is 4.90 Å². The molecule has 3 rings (SSSR count). The highest BCUT2D eigenvalue weighted by Crippen LogP contribution is 2.29. The molecule has 0 spiro atoms. The van der Waals surface area contributed by atoms with Crippen molar-refractivity contribution < 1.29 is 4.79 Å². The largest absolute Gasteiger partial charge is 0.343 e. The fourth-order valence-electron chi connectivity index (χ4n) is 3.36. The summed E-state index contributed by atoms with van der Waals surface area (Å²) in [5, 5.41) is 9.01. The van der Waals surface area contributed by atoms with Crippen molar-refractivity contribution in [2.45, 2.75) is 25.2 Å². The lowest BCUT2D eigenvalue weighted by Gasteiger charge is -2.30. The monoisotopic (exact) mass is 318 g/mol. The molecular weight excluding hydrogens is 296 g/mol. The summed E-state index contributed by atoms with van der Waals surface area (Å²) in [6, 6.07) is 22.8. The van der Waals surface area contributed by atoms with E-state index >= 15 is 0 Å². The first-order chi connectivity index (χ1) is 11.8. The normalized spacial score (nSPS) is 15.2. The Morgan fingerprint density at radius 3 is 1.96 bits per heavy atom. The van der Waals surface area contributed by atoms with E-state index in [4.69, 9.17) is 5.26 Å². The Labute approximate surface area is 143 Å². The Kier molecular flexibility index (Phi) is 5.28. The van der Waals surface area contributed by atoms with Crippen LogP contribution in [0, 0.1) is 17.2 Å². The second-order valence-corrected chi connectivity index (χ2v) is 6.36. The minimum atomic E-state index is 0.0774. The first-order valence-electron chi connectivity index (χ1n) is 8.55. The molecule has 0 radical (unpaired) electrons. The van der Waals surface area contributed by atoms with E-state index in [-0.39, 0.29) is 17.7 Å². The SMILES string of the molecule is N#CC1CCN(C(=O)CC(c2ccccc2)c2ccccc2)CC1. The van der Waals surface area contributed by atoms with E-state index in [1.165, 1.54) is 11.1 Å². The number of likely N-dealkylation sites (tertiary alicyclic amines) is 1. The van der Waals surface area contributed by atoms with Gasteiger partial charge in [-0.15, -0.1) is 0 Å². The number of nitriles is 1. The molecule has 0 unspecified atom stereocenters. The molecule has 1 aliphatic heterocycles. The lowest BCUT2D eigenvalue weighted by molar-refractivity contribution is -0.132. The minimum absolute atomic E-state index is 0.0774. The fourth-order valence-corrected chi connectivity index (χ4v) is 3.36. The molecule has 0 aliphatic carbocycles. The Morgan fingerprint density at radius 2 is 1.50 bits per heavy atom. The van der Waals surface area contributed by atoms with Crippen LogP contribution in [0.15, 0.2) is 60.7 Å². The second-order valence-electron chi connectivity index (χ2n) is 6.36. The number of carbonyl (C=O) groups excluding carboxylic acids is 1. The van der Waals surface area contributed by atoms with Gasteiger partial charge in [0.2, 0.25) is 5.91 Å². The molecule has 2 aromatic rings. The molecule has 2 aromatic carbocycles. The molecule has 0 aromatic heterocycles. The number of amides is 1. The van der Waals surface area contributed by atoms with Crippen molar-refractivity contribution in [2.75, 3.05) is 13.1 Å². The van der Waals surface area contributed by atoms with E-state index in [1.54, 1.807) is 0 Å². The van der Waals surface area contributed by atoms with Crippen molar-refractivity contribution in [1.29, 1.82) is 5.26 Å². The zero-order chi connectivity index (χ0) is 16.8. The number of benzene rings is 2. The maximum absolute atomic E-state index is 12.8. The summed E-state index contributed by atoms with van der Waals surface area (Å²) in [5.74, 6) is 0.366. The van der Waals surface area contributed by atoms with E-state index in [0.717, 1.165) is 12.8 Å². The van der Waals surface area contributed by atoms with Gasteiger partial charge in [-0.05, 0) is 24.0 Å². The molecule has 3 nitrogen and oxygen atoms in total. The Balaban J connectivity index is 1.75. The van der Waals surface area contributed by atoms with Crippen LogP contribution in [-0.2, 0) is 4.79 Å². The Hall–Kier alpha value is -2.60. The summed E-state index contributed by atoms with van der Waals surface area (Å²) in [7, 11) is 0. The van der Waals surface area contributed by atoms with Crippen molar-refractivity contribution >= 4 is 5.91 Å². The Bertz CT molecular complexity index is 658. The molecule has 1 aliphatic rings. The van der Waals surface area contributed by atoms with Gasteiger partial charge in [0.25, 0.3) is 0 Å². The van der Waals surface area contributed by atoms with Gasteiger partial charge in [-0.25, -0.2) is 0 Å². The van der Waals surface area contributed by atoms with Crippen LogP contribution in [0.2, 0.25) is 0 Å². The van der Waals surface area contributed by atoms with Gasteiger partial charge in [-0.2, -0.15) is 5.26 Å². The molecule has 0 N–H and O–H groups in total. The summed E-state index contributed by atoms with van der Waals surface area (Å²) in [6.45, 7) is 1.40. The van der Waals surface area contributed by atoms with E-state index in [1.807, 2.05) is 41.3 Å². The van der Waals surface area contributed by atoms with Crippen molar-refractivity contribution in [3.8, 4) is 6.07 Å². The molecule has 1 heterocycles. The first kappa shape index (κ1) is 16.3. The summed E-state index contributed by atoms with van der Waals surface area (Å²) in [6.07, 6.45) is 2.07. The molecule has 24 heavy (non-hydrogen) atoms. The van der Waals surface area contributed by atoms with Crippen molar-refractivity contribution in [3.63, 3.8) is 0 Å². The lowest BCUT2D eigenvalue weighted by Crippen LogP contribution is -2.38. The van der Waals surface area contributed by atoms with E-state index < -0.39 is 0 Å². The minimum Gasteiger partial charge on any atom is -0.343 e. The lowest BCUT2D eigenvalue weighted by atomic mass is 9.87. The molecular formula is C21H22N2O. The van der Waals surface area contributed by atoms with Crippen LogP contribution in [0.5, 0.6) is 0 Å². The highest BCUT2D eigenvalue weighted by molar-refractivity contribution is 5.78. The number of hydrogen-bond donors (Lipinski definition) is 0. The van der Waals surface area contributed by atoms with Crippen LogP contribution >= 0.6 is 0 Å². The van der Waals surface area contributed by atoms with Gasteiger partial charge < -0.3 is 4.90 Å². The van der Waals surface area contributed by atoms with Gasteiger partial charge in [-0.3, -0.25) is 4.79 Å². The van der Waals surface area contributed by atoms with Gasteiger partial charge in [0.05, 0.1) is 6.07 Å². The van der Waals surface area contributed by atoms with Gasteiger partial charge in [-0.1, -0.05) is 60.7 Å². The summed E-state index contributed by atoms with van der Waals surface area (Å²) >= 11 is 0. The van der Waals surface area contributed by atoms with Crippen molar-refractivity contribution in [2.24, 2.45) is 5.92 Å². The third-order valence-electron chi connectivity index (χ3n) is 4.81. The summed E-state index contributed by atoms with van der Waals surface area (Å²) in [4.78, 5) is 14.7. The number of carbonyl (C=O) groups is 1. The summed E-state index contributed by atoms with van der Waals surface area (Å²) < 4.78 is 0. The van der Waals surface area contributed by atoms with Gasteiger partial charge >= 0.3 is 0 Å². The Morgan fingerprint density at radius 1 is 1.00 bits per heavy atom. The van der Waals surface area contributed by atoms with Crippen LogP contribution < -0.4 is 0 Å². The first-order valence-corrected chi connectivity index (χ1v) is 8.55. The highest BCUT2D eigenvalue weighted by atomic mass is 16.2. The van der Waals surface area contributed by atoms with Gasteiger partial charge in [0.1, 0.15) is 0 Å². The third-order valence-corrected chi connectivity index (χ3v) is 4.81. The van der Waals surface area contributed by atoms with E-state index in [0.29, 0.717) is 19.5 Å². The molecule has 0 bridgehead atoms. The van der Waals surface area contributed by atoms with E-state index in [9.17, 15) is 4.79 Å². The maximum atomic E-state index is 12.8. The zero-order valence-corrected chi connectivity index (χ0v) is 13.8. The van der Waals surface area contributed by atoms with Crippen LogP contribution in [0.1, 0.15) is 36.3 Å². The van der Waals surface area contributed by atoms with Gasteiger partial charge in [0, 0.05) is 31.3 Å².